The highest BCUT2D eigenvalue weighted by atomic mass is 79.9. The number of benzene rings is 1. The minimum atomic E-state index is 0.0513. The fraction of sp³-hybridized carbons (Fsp3) is 0.308. The average Bonchev–Trinajstić information content (AvgIpc) is 2.94. The van der Waals surface area contributed by atoms with Crippen LogP contribution in [-0.4, -0.2) is 32.1 Å². The summed E-state index contributed by atoms with van der Waals surface area (Å²) < 4.78 is 1.98. The molecule has 2 aromatic rings. The molecule has 98 valence electrons. The number of rotatable bonds is 2. The summed E-state index contributed by atoms with van der Waals surface area (Å²) in [7, 11) is 0. The van der Waals surface area contributed by atoms with Gasteiger partial charge in [-0.15, -0.1) is 10.2 Å². The molecule has 0 fully saturated rings. The number of alkyl halides is 1. The minimum absolute atomic E-state index is 0.0513. The van der Waals surface area contributed by atoms with E-state index in [1.807, 2.05) is 33.7 Å². The van der Waals surface area contributed by atoms with Gasteiger partial charge in [0.25, 0.3) is 5.91 Å². The van der Waals surface area contributed by atoms with E-state index in [1.54, 1.807) is 6.33 Å². The summed E-state index contributed by atoms with van der Waals surface area (Å²) >= 11 is 3.40. The van der Waals surface area contributed by atoms with Crippen LogP contribution in [-0.2, 0) is 18.4 Å². The van der Waals surface area contributed by atoms with E-state index >= 15 is 0 Å². The fourth-order valence-electron chi connectivity index (χ4n) is 2.16. The van der Waals surface area contributed by atoms with Gasteiger partial charge < -0.3 is 9.47 Å². The van der Waals surface area contributed by atoms with Gasteiger partial charge in [0.1, 0.15) is 6.33 Å². The first-order valence-electron chi connectivity index (χ1n) is 6.09. The molecule has 1 aliphatic heterocycles. The lowest BCUT2D eigenvalue weighted by Gasteiger charge is -2.27. The van der Waals surface area contributed by atoms with Crippen LogP contribution in [0.5, 0.6) is 0 Å². The summed E-state index contributed by atoms with van der Waals surface area (Å²) in [6, 6.07) is 7.68. The predicted octanol–water partition coefficient (Wildman–Crippen LogP) is 1.83. The standard InChI is InChI=1S/C13H13BrN4O/c14-7-10-1-3-11(4-2-10)13(19)17-5-6-18-9-15-16-12(18)8-17/h1-4,9H,5-8H2. The minimum Gasteiger partial charge on any atom is -0.329 e. The molecule has 2 heterocycles. The van der Waals surface area contributed by atoms with Gasteiger partial charge in [-0.2, -0.15) is 0 Å². The van der Waals surface area contributed by atoms with Gasteiger partial charge in [0, 0.05) is 24.0 Å². The average molecular weight is 321 g/mol. The summed E-state index contributed by atoms with van der Waals surface area (Å²) in [5, 5.41) is 8.69. The number of carbonyl (C=O) groups is 1. The van der Waals surface area contributed by atoms with Crippen molar-refractivity contribution in [1.82, 2.24) is 19.7 Å². The molecular formula is C13H13BrN4O. The van der Waals surface area contributed by atoms with E-state index in [1.165, 1.54) is 0 Å². The van der Waals surface area contributed by atoms with Crippen molar-refractivity contribution in [3.63, 3.8) is 0 Å². The van der Waals surface area contributed by atoms with Crippen molar-refractivity contribution in [2.75, 3.05) is 6.54 Å². The quantitative estimate of drug-likeness (QED) is 0.793. The van der Waals surface area contributed by atoms with E-state index in [9.17, 15) is 4.79 Å². The number of amides is 1. The van der Waals surface area contributed by atoms with Crippen LogP contribution in [0.4, 0.5) is 0 Å². The maximum atomic E-state index is 12.4. The van der Waals surface area contributed by atoms with Crippen molar-refractivity contribution < 1.29 is 4.79 Å². The number of halogens is 1. The molecule has 0 radical (unpaired) electrons. The Morgan fingerprint density at radius 2 is 2.05 bits per heavy atom. The molecule has 0 aliphatic carbocycles. The molecule has 1 amide bonds. The van der Waals surface area contributed by atoms with E-state index in [0.717, 1.165) is 28.8 Å². The molecule has 0 saturated heterocycles. The van der Waals surface area contributed by atoms with Crippen LogP contribution in [0.1, 0.15) is 21.7 Å². The van der Waals surface area contributed by atoms with Gasteiger partial charge in [-0.3, -0.25) is 4.79 Å². The second-order valence-electron chi connectivity index (χ2n) is 4.50. The summed E-state index contributed by atoms with van der Waals surface area (Å²) in [6.45, 7) is 1.98. The molecule has 1 aromatic carbocycles. The van der Waals surface area contributed by atoms with Crippen LogP contribution in [0.2, 0.25) is 0 Å². The zero-order valence-electron chi connectivity index (χ0n) is 10.3. The lowest BCUT2D eigenvalue weighted by Crippen LogP contribution is -2.38. The zero-order valence-corrected chi connectivity index (χ0v) is 11.9. The first-order valence-corrected chi connectivity index (χ1v) is 7.21. The number of hydrogen-bond acceptors (Lipinski definition) is 3. The van der Waals surface area contributed by atoms with Gasteiger partial charge >= 0.3 is 0 Å². The molecule has 0 bridgehead atoms. The van der Waals surface area contributed by atoms with Crippen molar-refractivity contribution in [3.8, 4) is 0 Å². The molecule has 1 aromatic heterocycles. The SMILES string of the molecule is O=C(c1ccc(CBr)cc1)N1CCn2cnnc2C1. The second kappa shape index (κ2) is 5.13. The topological polar surface area (TPSA) is 51.0 Å². The Kier molecular flexibility index (Phi) is 3.33. The Bertz CT molecular complexity index is 593. The van der Waals surface area contributed by atoms with Crippen LogP contribution >= 0.6 is 15.9 Å². The Morgan fingerprint density at radius 1 is 1.26 bits per heavy atom. The fourth-order valence-corrected chi connectivity index (χ4v) is 2.53. The molecular weight excluding hydrogens is 308 g/mol. The maximum Gasteiger partial charge on any atom is 0.254 e. The molecule has 3 rings (SSSR count). The summed E-state index contributed by atoms with van der Waals surface area (Å²) in [4.78, 5) is 14.2. The van der Waals surface area contributed by atoms with Crippen molar-refractivity contribution in [1.29, 1.82) is 0 Å². The van der Waals surface area contributed by atoms with Gasteiger partial charge in [-0.25, -0.2) is 0 Å². The number of fused-ring (bicyclic) bond motifs is 1. The third-order valence-electron chi connectivity index (χ3n) is 3.28. The van der Waals surface area contributed by atoms with E-state index in [2.05, 4.69) is 26.1 Å². The number of carbonyl (C=O) groups excluding carboxylic acids is 1. The van der Waals surface area contributed by atoms with Crippen LogP contribution in [0.15, 0.2) is 30.6 Å². The van der Waals surface area contributed by atoms with E-state index in [-0.39, 0.29) is 5.91 Å². The lowest BCUT2D eigenvalue weighted by molar-refractivity contribution is 0.0707. The Hall–Kier alpha value is -1.69. The van der Waals surface area contributed by atoms with Crippen molar-refractivity contribution in [2.24, 2.45) is 0 Å². The Labute approximate surface area is 119 Å². The third kappa shape index (κ3) is 2.40. The number of nitrogens with zero attached hydrogens (tertiary/aromatic N) is 4. The van der Waals surface area contributed by atoms with Gasteiger partial charge in [0.05, 0.1) is 6.54 Å². The zero-order chi connectivity index (χ0) is 13.2. The van der Waals surface area contributed by atoms with Crippen molar-refractivity contribution >= 4 is 21.8 Å². The van der Waals surface area contributed by atoms with Crippen LogP contribution in [0.3, 0.4) is 0 Å². The van der Waals surface area contributed by atoms with Gasteiger partial charge in [-0.1, -0.05) is 28.1 Å². The van der Waals surface area contributed by atoms with E-state index in [0.29, 0.717) is 13.1 Å². The van der Waals surface area contributed by atoms with Crippen LogP contribution in [0.25, 0.3) is 0 Å². The molecule has 19 heavy (non-hydrogen) atoms. The summed E-state index contributed by atoms with van der Waals surface area (Å²) in [5.41, 5.74) is 1.88. The molecule has 1 aliphatic rings. The van der Waals surface area contributed by atoms with Crippen molar-refractivity contribution in [2.45, 2.75) is 18.4 Å². The first kappa shape index (κ1) is 12.3. The largest absolute Gasteiger partial charge is 0.329 e. The summed E-state index contributed by atoms with van der Waals surface area (Å²) in [6.07, 6.45) is 1.71. The van der Waals surface area contributed by atoms with Crippen molar-refractivity contribution in [3.05, 3.63) is 47.5 Å². The number of aromatic nitrogens is 3. The third-order valence-corrected chi connectivity index (χ3v) is 3.93. The monoisotopic (exact) mass is 320 g/mol. The predicted molar refractivity (Wildman–Crippen MR) is 73.8 cm³/mol. The van der Waals surface area contributed by atoms with Gasteiger partial charge in [-0.05, 0) is 17.7 Å². The van der Waals surface area contributed by atoms with E-state index < -0.39 is 0 Å². The smallest absolute Gasteiger partial charge is 0.254 e. The molecule has 0 unspecified atom stereocenters. The first-order chi connectivity index (χ1) is 9.28. The Morgan fingerprint density at radius 3 is 2.79 bits per heavy atom. The van der Waals surface area contributed by atoms with Gasteiger partial charge in [0.15, 0.2) is 5.82 Å². The molecule has 0 N–H and O–H groups in total. The highest BCUT2D eigenvalue weighted by molar-refractivity contribution is 9.08. The van der Waals surface area contributed by atoms with Gasteiger partial charge in [0.2, 0.25) is 0 Å². The highest BCUT2D eigenvalue weighted by Crippen LogP contribution is 2.14. The molecule has 5 nitrogen and oxygen atoms in total. The molecule has 0 spiro atoms. The van der Waals surface area contributed by atoms with Crippen LogP contribution in [0, 0.1) is 0 Å². The Balaban J connectivity index is 1.77. The van der Waals surface area contributed by atoms with Crippen LogP contribution < -0.4 is 0 Å². The highest BCUT2D eigenvalue weighted by Gasteiger charge is 2.22. The second-order valence-corrected chi connectivity index (χ2v) is 5.06. The molecule has 0 atom stereocenters. The normalized spacial score (nSPS) is 14.3. The lowest BCUT2D eigenvalue weighted by atomic mass is 10.1. The molecule has 0 saturated carbocycles. The maximum absolute atomic E-state index is 12.4. The molecule has 6 heteroatoms. The number of hydrogen-bond donors (Lipinski definition) is 0. The summed E-state index contributed by atoms with van der Waals surface area (Å²) in [5.74, 6) is 0.895. The van der Waals surface area contributed by atoms with E-state index in [4.69, 9.17) is 0 Å².